The Labute approximate surface area is 193 Å². The molecule has 0 fully saturated rings. The third-order valence-corrected chi connectivity index (χ3v) is 8.04. The summed E-state index contributed by atoms with van der Waals surface area (Å²) in [4.78, 5) is 4.55. The molecule has 2 aromatic carbocycles. The predicted octanol–water partition coefficient (Wildman–Crippen LogP) is 6.77. The highest BCUT2D eigenvalue weighted by molar-refractivity contribution is 7.90. The summed E-state index contributed by atoms with van der Waals surface area (Å²) in [6, 6.07) is 14.9. The van der Waals surface area contributed by atoms with E-state index in [-0.39, 0.29) is 15.6 Å². The molecule has 0 atom stereocenters. The number of nitrogens with zero attached hydrogens (tertiary/aromatic N) is 2. The summed E-state index contributed by atoms with van der Waals surface area (Å²) in [6.07, 6.45) is 3.05. The highest BCUT2D eigenvalue weighted by Crippen LogP contribution is 2.41. The zero-order valence-electron chi connectivity index (χ0n) is 16.8. The smallest absolute Gasteiger partial charge is 0.237 e. The molecule has 0 saturated heterocycles. The van der Waals surface area contributed by atoms with E-state index in [1.54, 1.807) is 42.6 Å². The lowest BCUT2D eigenvalue weighted by atomic mass is 9.99. The molecule has 160 valence electrons. The van der Waals surface area contributed by atoms with E-state index in [9.17, 15) is 12.8 Å². The van der Waals surface area contributed by atoms with Gasteiger partial charge in [-0.2, -0.15) is 11.3 Å². The normalized spacial score (nSPS) is 11.8. The summed E-state index contributed by atoms with van der Waals surface area (Å²) in [5, 5.41) is 4.43. The fourth-order valence-corrected chi connectivity index (χ4v) is 5.91. The van der Waals surface area contributed by atoms with E-state index >= 15 is 0 Å². The summed E-state index contributed by atoms with van der Waals surface area (Å²) < 4.78 is 42.6. The molecule has 8 heteroatoms. The zero-order valence-corrected chi connectivity index (χ0v) is 19.2. The Balaban J connectivity index is 1.88. The number of aryl methyl sites for hydroxylation is 1. The fraction of sp³-hybridized carbons (Fsp3) is 0.0417. The van der Waals surface area contributed by atoms with Crippen molar-refractivity contribution in [3.8, 4) is 22.3 Å². The topological polar surface area (TPSA) is 52.0 Å². The second-order valence-corrected chi connectivity index (χ2v) is 10.3. The van der Waals surface area contributed by atoms with Gasteiger partial charge in [-0.15, -0.1) is 0 Å². The number of fused-ring (bicyclic) bond motifs is 1. The number of benzene rings is 2. The first-order valence-electron chi connectivity index (χ1n) is 9.67. The summed E-state index contributed by atoms with van der Waals surface area (Å²) in [5.41, 5.74) is 3.82. The van der Waals surface area contributed by atoms with Gasteiger partial charge in [0.15, 0.2) is 5.65 Å². The molecule has 5 rings (SSSR count). The average Bonchev–Trinajstić information content (AvgIpc) is 3.44. The van der Waals surface area contributed by atoms with Crippen LogP contribution in [0.3, 0.4) is 0 Å². The molecule has 32 heavy (non-hydrogen) atoms. The van der Waals surface area contributed by atoms with E-state index < -0.39 is 15.8 Å². The Bertz CT molecular complexity index is 1560. The van der Waals surface area contributed by atoms with Gasteiger partial charge in [0, 0.05) is 28.9 Å². The molecular formula is C24H16ClFN2O2S2. The van der Waals surface area contributed by atoms with Crippen LogP contribution in [0.1, 0.15) is 5.56 Å². The van der Waals surface area contributed by atoms with Crippen molar-refractivity contribution in [3.05, 3.63) is 94.2 Å². The lowest BCUT2D eigenvalue weighted by Crippen LogP contribution is -2.12. The van der Waals surface area contributed by atoms with Crippen LogP contribution in [-0.2, 0) is 10.0 Å². The summed E-state index contributed by atoms with van der Waals surface area (Å²) >= 11 is 7.84. The van der Waals surface area contributed by atoms with Crippen LogP contribution in [0.5, 0.6) is 0 Å². The van der Waals surface area contributed by atoms with Gasteiger partial charge in [0.1, 0.15) is 5.82 Å². The maximum Gasteiger partial charge on any atom is 0.269 e. The number of rotatable bonds is 4. The number of aromatic nitrogens is 2. The second kappa shape index (κ2) is 7.85. The minimum absolute atomic E-state index is 0.0700. The largest absolute Gasteiger partial charge is 0.269 e. The van der Waals surface area contributed by atoms with E-state index in [0.717, 1.165) is 20.7 Å². The maximum absolute atomic E-state index is 14.3. The van der Waals surface area contributed by atoms with Gasteiger partial charge in [-0.1, -0.05) is 41.4 Å². The monoisotopic (exact) mass is 482 g/mol. The molecule has 0 unspecified atom stereocenters. The van der Waals surface area contributed by atoms with Crippen molar-refractivity contribution in [1.82, 2.24) is 8.96 Å². The number of hydrogen-bond acceptors (Lipinski definition) is 4. The first kappa shape index (κ1) is 20.9. The maximum atomic E-state index is 14.3. The van der Waals surface area contributed by atoms with Crippen molar-refractivity contribution >= 4 is 44.0 Å². The minimum atomic E-state index is -3.96. The number of thiophene rings is 1. The molecule has 3 aromatic heterocycles. The van der Waals surface area contributed by atoms with Crippen LogP contribution in [0.4, 0.5) is 4.39 Å². The highest BCUT2D eigenvalue weighted by atomic mass is 35.5. The van der Waals surface area contributed by atoms with Crippen LogP contribution in [-0.4, -0.2) is 17.4 Å². The Morgan fingerprint density at radius 3 is 2.50 bits per heavy atom. The molecule has 0 aliphatic heterocycles. The lowest BCUT2D eigenvalue weighted by Gasteiger charge is -2.08. The van der Waals surface area contributed by atoms with Crippen molar-refractivity contribution < 1.29 is 12.8 Å². The summed E-state index contributed by atoms with van der Waals surface area (Å²) in [5.74, 6) is -0.576. The molecule has 0 spiro atoms. The molecule has 0 saturated carbocycles. The number of halogens is 2. The Kier molecular flexibility index (Phi) is 5.12. The van der Waals surface area contributed by atoms with Gasteiger partial charge < -0.3 is 0 Å². The quantitative estimate of drug-likeness (QED) is 0.284. The second-order valence-electron chi connectivity index (χ2n) is 7.33. The summed E-state index contributed by atoms with van der Waals surface area (Å²) in [6.45, 7) is 1.89. The molecule has 0 bridgehead atoms. The third kappa shape index (κ3) is 3.33. The molecule has 4 nitrogen and oxygen atoms in total. The third-order valence-electron chi connectivity index (χ3n) is 5.31. The van der Waals surface area contributed by atoms with E-state index in [1.807, 2.05) is 29.8 Å². The van der Waals surface area contributed by atoms with Crippen LogP contribution in [0, 0.1) is 12.7 Å². The first-order valence-corrected chi connectivity index (χ1v) is 12.4. The SMILES string of the molecule is Cc1ccc(S(=O)(=O)n2cc(-c3cccc(F)c3Cl)c3c(-c4ccsc4)ccnc32)cc1. The molecule has 0 aliphatic rings. The van der Waals surface area contributed by atoms with Gasteiger partial charge in [-0.05, 0) is 59.1 Å². The van der Waals surface area contributed by atoms with Crippen molar-refractivity contribution in [2.45, 2.75) is 11.8 Å². The first-order chi connectivity index (χ1) is 15.4. The van der Waals surface area contributed by atoms with E-state index in [0.29, 0.717) is 16.5 Å². The fourth-order valence-electron chi connectivity index (χ4n) is 3.71. The van der Waals surface area contributed by atoms with Crippen molar-refractivity contribution in [3.63, 3.8) is 0 Å². The lowest BCUT2D eigenvalue weighted by molar-refractivity contribution is 0.589. The van der Waals surface area contributed by atoms with Crippen LogP contribution in [0.25, 0.3) is 33.3 Å². The molecular weight excluding hydrogens is 467 g/mol. The van der Waals surface area contributed by atoms with Crippen LogP contribution in [0.2, 0.25) is 5.02 Å². The van der Waals surface area contributed by atoms with Gasteiger partial charge in [-0.3, -0.25) is 0 Å². The molecule has 5 aromatic rings. The Morgan fingerprint density at radius 2 is 1.78 bits per heavy atom. The van der Waals surface area contributed by atoms with Gasteiger partial charge in [-0.25, -0.2) is 21.8 Å². The summed E-state index contributed by atoms with van der Waals surface area (Å²) in [7, 11) is -3.96. The zero-order chi connectivity index (χ0) is 22.5. The van der Waals surface area contributed by atoms with Crippen molar-refractivity contribution in [2.24, 2.45) is 0 Å². The van der Waals surface area contributed by atoms with Crippen LogP contribution in [0.15, 0.2) is 82.6 Å². The van der Waals surface area contributed by atoms with Crippen LogP contribution >= 0.6 is 22.9 Å². The predicted molar refractivity (Wildman–Crippen MR) is 127 cm³/mol. The molecule has 0 amide bonds. The van der Waals surface area contributed by atoms with E-state index in [1.165, 1.54) is 23.6 Å². The highest BCUT2D eigenvalue weighted by Gasteiger charge is 2.26. The number of pyridine rings is 1. The van der Waals surface area contributed by atoms with Crippen molar-refractivity contribution in [1.29, 1.82) is 0 Å². The molecule has 0 aliphatic carbocycles. The standard InChI is InChI=1S/C24H16ClFN2O2S2/c1-15-5-7-17(8-6-15)32(29,30)28-13-20(19-3-2-4-21(26)23(19)25)22-18(9-11-27-24(22)28)16-10-12-31-14-16/h2-14H,1H3. The molecule has 3 heterocycles. The van der Waals surface area contributed by atoms with Crippen LogP contribution < -0.4 is 0 Å². The van der Waals surface area contributed by atoms with Gasteiger partial charge in [0.2, 0.25) is 0 Å². The Morgan fingerprint density at radius 1 is 1.00 bits per heavy atom. The average molecular weight is 483 g/mol. The van der Waals surface area contributed by atoms with Crippen molar-refractivity contribution in [2.75, 3.05) is 0 Å². The van der Waals surface area contributed by atoms with Gasteiger partial charge in [0.05, 0.1) is 9.92 Å². The molecule has 0 N–H and O–H groups in total. The van der Waals surface area contributed by atoms with E-state index in [4.69, 9.17) is 11.6 Å². The van der Waals surface area contributed by atoms with E-state index in [2.05, 4.69) is 4.98 Å². The minimum Gasteiger partial charge on any atom is -0.237 e. The Hall–Kier alpha value is -3.00. The van der Waals surface area contributed by atoms with Gasteiger partial charge in [0.25, 0.3) is 10.0 Å². The molecule has 0 radical (unpaired) electrons. The van der Waals surface area contributed by atoms with Gasteiger partial charge >= 0.3 is 0 Å². The number of hydrogen-bond donors (Lipinski definition) is 0.